The number of nitrogens with one attached hydrogen (secondary N) is 1. The van der Waals surface area contributed by atoms with Crippen molar-refractivity contribution >= 4 is 28.8 Å². The standard InChI is InChI=1S/C27H33N3O2S/c1-3-20-11-7-8-15-23(20)30(25(31)19-22-14-10-18-33-22)26(24-16-9-17-29(24)2)27(32)28-21-12-5-4-6-13-21/h7-11,14-18,21,26H,3-6,12-13,19H2,1-2H3,(H,28,32). The number of hydrogen-bond donors (Lipinski definition) is 1. The quantitative estimate of drug-likeness (QED) is 0.485. The van der Waals surface area contributed by atoms with Crippen LogP contribution in [0.4, 0.5) is 5.69 Å². The van der Waals surface area contributed by atoms with Crippen LogP contribution in [-0.4, -0.2) is 22.4 Å². The molecule has 1 aliphatic carbocycles. The van der Waals surface area contributed by atoms with Crippen LogP contribution in [0, 0.1) is 0 Å². The SMILES string of the molecule is CCc1ccccc1N(C(=O)Cc1cccs1)C(C(=O)NC1CCCCC1)c1cccn1C. The van der Waals surface area contributed by atoms with Gasteiger partial charge in [-0.2, -0.15) is 0 Å². The van der Waals surface area contributed by atoms with Gasteiger partial charge in [-0.3, -0.25) is 14.5 Å². The second-order valence-corrected chi connectivity index (χ2v) is 9.82. The lowest BCUT2D eigenvalue weighted by molar-refractivity contribution is -0.127. The van der Waals surface area contributed by atoms with E-state index in [4.69, 9.17) is 0 Å². The average Bonchev–Trinajstić information content (AvgIpc) is 3.49. The summed E-state index contributed by atoms with van der Waals surface area (Å²) in [6, 6.07) is 15.2. The molecule has 0 aliphatic heterocycles. The van der Waals surface area contributed by atoms with Gasteiger partial charge < -0.3 is 9.88 Å². The number of rotatable bonds is 8. The molecule has 3 aromatic rings. The summed E-state index contributed by atoms with van der Waals surface area (Å²) in [7, 11) is 1.93. The van der Waals surface area contributed by atoms with Crippen molar-refractivity contribution < 1.29 is 9.59 Å². The smallest absolute Gasteiger partial charge is 0.249 e. The van der Waals surface area contributed by atoms with E-state index < -0.39 is 6.04 Å². The number of hydrogen-bond acceptors (Lipinski definition) is 3. The zero-order valence-electron chi connectivity index (χ0n) is 19.5. The molecule has 0 spiro atoms. The Balaban J connectivity index is 1.77. The molecule has 2 amide bonds. The number of para-hydroxylation sites is 1. The largest absolute Gasteiger partial charge is 0.352 e. The van der Waals surface area contributed by atoms with Gasteiger partial charge in [-0.25, -0.2) is 0 Å². The van der Waals surface area contributed by atoms with E-state index in [9.17, 15) is 9.59 Å². The van der Waals surface area contributed by atoms with E-state index in [0.717, 1.165) is 53.9 Å². The van der Waals surface area contributed by atoms with Crippen LogP contribution in [0.25, 0.3) is 0 Å². The van der Waals surface area contributed by atoms with Gasteiger partial charge in [0.05, 0.1) is 12.1 Å². The average molecular weight is 464 g/mol. The number of aromatic nitrogens is 1. The van der Waals surface area contributed by atoms with Gasteiger partial charge in [-0.15, -0.1) is 11.3 Å². The van der Waals surface area contributed by atoms with Gasteiger partial charge >= 0.3 is 0 Å². The van der Waals surface area contributed by atoms with Crippen molar-refractivity contribution in [2.45, 2.75) is 64.0 Å². The molecular formula is C27H33N3O2S. The Morgan fingerprint density at radius 2 is 1.88 bits per heavy atom. The van der Waals surface area contributed by atoms with Crippen molar-refractivity contribution in [3.05, 3.63) is 76.2 Å². The fraction of sp³-hybridized carbons (Fsp3) is 0.407. The maximum absolute atomic E-state index is 13.9. The molecule has 33 heavy (non-hydrogen) atoms. The second kappa shape index (κ2) is 10.8. The summed E-state index contributed by atoms with van der Waals surface area (Å²) in [5.41, 5.74) is 2.68. The van der Waals surface area contributed by atoms with Crippen LogP contribution < -0.4 is 10.2 Å². The summed E-state index contributed by atoms with van der Waals surface area (Å²) in [5, 5.41) is 5.28. The number of aryl methyl sites for hydroxylation is 2. The Morgan fingerprint density at radius 3 is 2.55 bits per heavy atom. The van der Waals surface area contributed by atoms with Gasteiger partial charge in [0.1, 0.15) is 0 Å². The normalized spacial score (nSPS) is 15.2. The minimum absolute atomic E-state index is 0.0663. The second-order valence-electron chi connectivity index (χ2n) is 8.79. The molecule has 4 rings (SSSR count). The van der Waals surface area contributed by atoms with Gasteiger partial charge in [0.25, 0.3) is 0 Å². The minimum atomic E-state index is -0.730. The highest BCUT2D eigenvalue weighted by Crippen LogP contribution is 2.33. The summed E-state index contributed by atoms with van der Waals surface area (Å²) in [5.74, 6) is -0.169. The monoisotopic (exact) mass is 463 g/mol. The van der Waals surface area contributed by atoms with E-state index >= 15 is 0 Å². The summed E-state index contributed by atoms with van der Waals surface area (Å²) in [4.78, 5) is 30.5. The third kappa shape index (κ3) is 5.38. The van der Waals surface area contributed by atoms with E-state index in [1.807, 2.05) is 71.7 Å². The molecule has 1 aromatic carbocycles. The van der Waals surface area contributed by atoms with Crippen LogP contribution in [-0.2, 0) is 29.5 Å². The van der Waals surface area contributed by atoms with Gasteiger partial charge in [0.2, 0.25) is 11.8 Å². The van der Waals surface area contributed by atoms with Crippen LogP contribution in [0.1, 0.15) is 61.2 Å². The third-order valence-electron chi connectivity index (χ3n) is 6.53. The molecule has 1 saturated carbocycles. The number of carbonyl (C=O) groups excluding carboxylic acids is 2. The van der Waals surface area contributed by atoms with Crippen LogP contribution >= 0.6 is 11.3 Å². The predicted molar refractivity (Wildman–Crippen MR) is 134 cm³/mol. The van der Waals surface area contributed by atoms with Crippen molar-refractivity contribution in [2.75, 3.05) is 4.90 Å². The maximum atomic E-state index is 13.9. The summed E-state index contributed by atoms with van der Waals surface area (Å²) >= 11 is 1.57. The molecule has 1 fully saturated rings. The van der Waals surface area contributed by atoms with Crippen molar-refractivity contribution in [1.29, 1.82) is 0 Å². The highest BCUT2D eigenvalue weighted by molar-refractivity contribution is 7.10. The first kappa shape index (κ1) is 23.3. The Hall–Kier alpha value is -2.86. The number of anilines is 1. The predicted octanol–water partition coefficient (Wildman–Crippen LogP) is 5.41. The van der Waals surface area contributed by atoms with E-state index in [1.54, 1.807) is 16.2 Å². The number of carbonyl (C=O) groups is 2. The lowest BCUT2D eigenvalue weighted by atomic mass is 9.95. The molecule has 0 radical (unpaired) electrons. The van der Waals surface area contributed by atoms with Crippen molar-refractivity contribution in [3.63, 3.8) is 0 Å². The number of nitrogens with zero attached hydrogens (tertiary/aromatic N) is 2. The van der Waals surface area contributed by atoms with E-state index in [2.05, 4.69) is 12.2 Å². The number of amides is 2. The first-order chi connectivity index (χ1) is 16.1. The molecule has 2 heterocycles. The molecule has 5 nitrogen and oxygen atoms in total. The van der Waals surface area contributed by atoms with Crippen LogP contribution in [0.3, 0.4) is 0 Å². The lowest BCUT2D eigenvalue weighted by Gasteiger charge is -2.34. The van der Waals surface area contributed by atoms with Crippen LogP contribution in [0.2, 0.25) is 0 Å². The first-order valence-corrected chi connectivity index (χ1v) is 12.8. The van der Waals surface area contributed by atoms with Gasteiger partial charge in [-0.05, 0) is 54.5 Å². The van der Waals surface area contributed by atoms with E-state index in [-0.39, 0.29) is 24.3 Å². The van der Waals surface area contributed by atoms with E-state index in [1.165, 1.54) is 6.42 Å². The van der Waals surface area contributed by atoms with Gasteiger partial charge in [0.15, 0.2) is 6.04 Å². The fourth-order valence-electron chi connectivity index (χ4n) is 4.78. The van der Waals surface area contributed by atoms with Crippen LogP contribution in [0.5, 0.6) is 0 Å². The first-order valence-electron chi connectivity index (χ1n) is 11.9. The Bertz CT molecular complexity index is 1070. The van der Waals surface area contributed by atoms with Gasteiger partial charge in [0, 0.05) is 29.9 Å². The van der Waals surface area contributed by atoms with Crippen molar-refractivity contribution in [1.82, 2.24) is 9.88 Å². The number of thiophene rings is 1. The zero-order chi connectivity index (χ0) is 23.2. The summed E-state index contributed by atoms with van der Waals surface area (Å²) in [6.07, 6.45) is 8.49. The molecule has 6 heteroatoms. The third-order valence-corrected chi connectivity index (χ3v) is 7.40. The van der Waals surface area contributed by atoms with E-state index in [0.29, 0.717) is 0 Å². The Labute approximate surface area is 200 Å². The minimum Gasteiger partial charge on any atom is -0.352 e. The Morgan fingerprint density at radius 1 is 1.09 bits per heavy atom. The molecule has 1 atom stereocenters. The molecular weight excluding hydrogens is 430 g/mol. The van der Waals surface area contributed by atoms with Crippen molar-refractivity contribution in [3.8, 4) is 0 Å². The maximum Gasteiger partial charge on any atom is 0.249 e. The molecule has 1 N–H and O–H groups in total. The molecule has 0 saturated heterocycles. The molecule has 1 unspecified atom stereocenters. The molecule has 2 aromatic heterocycles. The van der Waals surface area contributed by atoms with Crippen LogP contribution in [0.15, 0.2) is 60.1 Å². The van der Waals surface area contributed by atoms with Gasteiger partial charge in [-0.1, -0.05) is 50.5 Å². The molecule has 1 aliphatic rings. The Kier molecular flexibility index (Phi) is 7.65. The summed E-state index contributed by atoms with van der Waals surface area (Å²) in [6.45, 7) is 2.08. The fourth-order valence-corrected chi connectivity index (χ4v) is 5.47. The summed E-state index contributed by atoms with van der Waals surface area (Å²) < 4.78 is 1.95. The molecule has 0 bridgehead atoms. The topological polar surface area (TPSA) is 54.3 Å². The number of benzene rings is 1. The lowest BCUT2D eigenvalue weighted by Crippen LogP contribution is -2.48. The highest BCUT2D eigenvalue weighted by atomic mass is 32.1. The molecule has 174 valence electrons. The van der Waals surface area contributed by atoms with Crippen molar-refractivity contribution in [2.24, 2.45) is 7.05 Å². The zero-order valence-corrected chi connectivity index (χ0v) is 20.3. The highest BCUT2D eigenvalue weighted by Gasteiger charge is 2.36.